The number of hydrogen-bond donors (Lipinski definition) is 2. The Labute approximate surface area is 222 Å². The van der Waals surface area contributed by atoms with Crippen LogP contribution in [0.1, 0.15) is 55.1 Å². The third-order valence-corrected chi connectivity index (χ3v) is 7.42. The van der Waals surface area contributed by atoms with E-state index < -0.39 is 36.3 Å². The Kier molecular flexibility index (Phi) is 7.09. The number of carbonyl (C=O) groups excluding carboxylic acids is 1. The molecule has 7 nitrogen and oxygen atoms in total. The summed E-state index contributed by atoms with van der Waals surface area (Å²) < 4.78 is 62.0. The molecule has 2 N–H and O–H groups in total. The van der Waals surface area contributed by atoms with Crippen molar-refractivity contribution in [1.82, 2.24) is 15.1 Å². The first kappa shape index (κ1) is 27.4. The van der Waals surface area contributed by atoms with Gasteiger partial charge in [0.05, 0.1) is 0 Å². The van der Waals surface area contributed by atoms with Crippen LogP contribution in [-0.4, -0.2) is 76.9 Å². The monoisotopic (exact) mass is 549 g/mol. The molecule has 210 valence electrons. The Balaban J connectivity index is 1.41. The van der Waals surface area contributed by atoms with Crippen LogP contribution < -0.4 is 5.32 Å². The van der Waals surface area contributed by atoms with Crippen LogP contribution in [0, 0.1) is 0 Å². The summed E-state index contributed by atoms with van der Waals surface area (Å²) in [5.74, 6) is -1.68. The molecule has 0 spiro atoms. The van der Waals surface area contributed by atoms with E-state index in [1.165, 1.54) is 31.0 Å². The van der Waals surface area contributed by atoms with Crippen LogP contribution in [0.5, 0.6) is 0 Å². The van der Waals surface area contributed by atoms with Gasteiger partial charge < -0.3 is 14.4 Å². The molecule has 0 radical (unpaired) electrons. The van der Waals surface area contributed by atoms with E-state index in [9.17, 15) is 32.3 Å². The first-order valence-corrected chi connectivity index (χ1v) is 13.0. The zero-order valence-corrected chi connectivity index (χ0v) is 21.7. The molecule has 1 aliphatic heterocycles. The molecule has 5 rings (SSSR count). The number of hydrogen-bond acceptors (Lipinski definition) is 5. The van der Waals surface area contributed by atoms with E-state index in [2.05, 4.69) is 10.2 Å². The van der Waals surface area contributed by atoms with Crippen molar-refractivity contribution in [3.8, 4) is 0 Å². The van der Waals surface area contributed by atoms with Crippen LogP contribution in [-0.2, 0) is 4.79 Å². The lowest BCUT2D eigenvalue weighted by Gasteiger charge is -2.34. The SMILES string of the molecule is CC(C)(F)C[C@H](N[C@@H](c1ccc2c(c1)oc1ccc(C(=O)N3CCN(C4CC4)CC3)cc12)C(F)(F)F)C(=O)O. The number of fused-ring (bicyclic) bond motifs is 3. The predicted octanol–water partition coefficient (Wildman–Crippen LogP) is 5.29. The van der Waals surface area contributed by atoms with E-state index in [0.717, 1.165) is 26.9 Å². The lowest BCUT2D eigenvalue weighted by atomic mass is 9.97. The highest BCUT2D eigenvalue weighted by atomic mass is 19.4. The molecule has 1 aliphatic carbocycles. The van der Waals surface area contributed by atoms with E-state index in [4.69, 9.17) is 4.42 Å². The quantitative estimate of drug-likeness (QED) is 0.372. The molecule has 2 fully saturated rings. The fourth-order valence-electron chi connectivity index (χ4n) is 5.30. The summed E-state index contributed by atoms with van der Waals surface area (Å²) in [6.07, 6.45) is -3.06. The van der Waals surface area contributed by atoms with Gasteiger partial charge in [0.25, 0.3) is 5.91 Å². The van der Waals surface area contributed by atoms with Crippen molar-refractivity contribution in [1.29, 1.82) is 0 Å². The van der Waals surface area contributed by atoms with E-state index in [0.29, 0.717) is 41.1 Å². The number of carboxylic acid groups (broad SMARTS) is 1. The summed E-state index contributed by atoms with van der Waals surface area (Å²) in [6.45, 7) is 5.20. The number of aliphatic carboxylic acids is 1. The molecule has 2 aromatic carbocycles. The molecule has 11 heteroatoms. The van der Waals surface area contributed by atoms with E-state index >= 15 is 0 Å². The second-order valence-corrected chi connectivity index (χ2v) is 11.1. The van der Waals surface area contributed by atoms with Crippen LogP contribution in [0.15, 0.2) is 40.8 Å². The van der Waals surface area contributed by atoms with Gasteiger partial charge >= 0.3 is 12.1 Å². The van der Waals surface area contributed by atoms with E-state index in [1.807, 2.05) is 4.90 Å². The Morgan fingerprint density at radius 2 is 1.69 bits per heavy atom. The fourth-order valence-corrected chi connectivity index (χ4v) is 5.30. The molecule has 1 amide bonds. The van der Waals surface area contributed by atoms with E-state index in [1.54, 1.807) is 18.2 Å². The van der Waals surface area contributed by atoms with Crippen LogP contribution in [0.3, 0.4) is 0 Å². The summed E-state index contributed by atoms with van der Waals surface area (Å²) in [5, 5.41) is 12.6. The van der Waals surface area contributed by atoms with Gasteiger partial charge in [-0.1, -0.05) is 12.1 Å². The topological polar surface area (TPSA) is 86.0 Å². The minimum Gasteiger partial charge on any atom is -0.480 e. The number of carboxylic acids is 1. The summed E-state index contributed by atoms with van der Waals surface area (Å²) in [5.41, 5.74) is -1.20. The molecule has 0 unspecified atom stereocenters. The highest BCUT2D eigenvalue weighted by Gasteiger charge is 2.44. The molecule has 2 atom stereocenters. The Morgan fingerprint density at radius 3 is 2.28 bits per heavy atom. The van der Waals surface area contributed by atoms with Crippen molar-refractivity contribution in [3.05, 3.63) is 47.5 Å². The van der Waals surface area contributed by atoms with Crippen molar-refractivity contribution >= 4 is 33.8 Å². The Morgan fingerprint density at radius 1 is 1.00 bits per heavy atom. The number of nitrogens with one attached hydrogen (secondary N) is 1. The summed E-state index contributed by atoms with van der Waals surface area (Å²) >= 11 is 0. The standard InChI is InChI=1S/C28H31F4N3O4/c1-27(2,29)15-21(26(37)38)33-24(28(30,31)32)16-3-7-19-20-13-17(4-8-22(20)39-23(19)14-16)25(36)35-11-9-34(10-12-35)18-5-6-18/h3-4,7-8,13-14,18,21,24,33H,5-6,9-12,15H2,1-2H3,(H,37,38)/t21-,24-/m0/s1. The molecule has 1 aromatic heterocycles. The number of carbonyl (C=O) groups is 2. The number of furan rings is 1. The van der Waals surface area contributed by atoms with Gasteiger partial charge in [-0.25, -0.2) is 4.39 Å². The van der Waals surface area contributed by atoms with Gasteiger partial charge in [0, 0.05) is 55.0 Å². The maximum Gasteiger partial charge on any atom is 0.407 e. The number of rotatable bonds is 8. The zero-order valence-electron chi connectivity index (χ0n) is 21.7. The van der Waals surface area contributed by atoms with Gasteiger partial charge in [0.2, 0.25) is 0 Å². The maximum absolute atomic E-state index is 14.1. The van der Waals surface area contributed by atoms with Gasteiger partial charge in [-0.2, -0.15) is 13.2 Å². The van der Waals surface area contributed by atoms with Gasteiger partial charge in [-0.05, 0) is 56.5 Å². The lowest BCUT2D eigenvalue weighted by molar-refractivity contribution is -0.164. The number of amides is 1. The largest absolute Gasteiger partial charge is 0.480 e. The molecule has 2 aliphatic rings. The number of halogens is 4. The van der Waals surface area contributed by atoms with Crippen LogP contribution in [0.2, 0.25) is 0 Å². The van der Waals surface area contributed by atoms with Crippen molar-refractivity contribution in [2.24, 2.45) is 0 Å². The third-order valence-electron chi connectivity index (χ3n) is 7.42. The average molecular weight is 550 g/mol. The third kappa shape index (κ3) is 6.04. The number of nitrogens with zero attached hydrogens (tertiary/aromatic N) is 2. The molecule has 1 saturated heterocycles. The second-order valence-electron chi connectivity index (χ2n) is 11.1. The number of piperazine rings is 1. The van der Waals surface area contributed by atoms with Gasteiger partial charge in [-0.3, -0.25) is 19.8 Å². The number of benzene rings is 2. The predicted molar refractivity (Wildman–Crippen MR) is 137 cm³/mol. The first-order valence-electron chi connectivity index (χ1n) is 13.0. The molecule has 1 saturated carbocycles. The molecular formula is C28H31F4N3O4. The Bertz CT molecular complexity index is 1390. The molecule has 2 heterocycles. The average Bonchev–Trinajstić information content (AvgIpc) is 3.65. The molecule has 39 heavy (non-hydrogen) atoms. The lowest BCUT2D eigenvalue weighted by Crippen LogP contribution is -2.49. The highest BCUT2D eigenvalue weighted by molar-refractivity contribution is 6.08. The van der Waals surface area contributed by atoms with Crippen LogP contribution >= 0.6 is 0 Å². The maximum atomic E-state index is 14.1. The Hall–Kier alpha value is -3.18. The molecule has 0 bridgehead atoms. The van der Waals surface area contributed by atoms with E-state index in [-0.39, 0.29) is 17.1 Å². The highest BCUT2D eigenvalue weighted by Crippen LogP contribution is 2.38. The normalized spacial score (nSPS) is 19.0. The summed E-state index contributed by atoms with van der Waals surface area (Å²) in [7, 11) is 0. The summed E-state index contributed by atoms with van der Waals surface area (Å²) in [4.78, 5) is 29.0. The minimum atomic E-state index is -4.85. The van der Waals surface area contributed by atoms with Gasteiger partial charge in [0.15, 0.2) is 0 Å². The van der Waals surface area contributed by atoms with Crippen molar-refractivity contribution in [2.75, 3.05) is 26.2 Å². The van der Waals surface area contributed by atoms with Crippen molar-refractivity contribution in [2.45, 2.75) is 63.1 Å². The number of alkyl halides is 4. The minimum absolute atomic E-state index is 0.102. The molecule has 3 aromatic rings. The van der Waals surface area contributed by atoms with Gasteiger partial charge in [0.1, 0.15) is 28.9 Å². The van der Waals surface area contributed by atoms with Gasteiger partial charge in [-0.15, -0.1) is 0 Å². The van der Waals surface area contributed by atoms with Crippen LogP contribution in [0.4, 0.5) is 17.6 Å². The van der Waals surface area contributed by atoms with Crippen molar-refractivity contribution in [3.63, 3.8) is 0 Å². The fraction of sp³-hybridized carbons (Fsp3) is 0.500. The smallest absolute Gasteiger partial charge is 0.407 e. The molecular weight excluding hydrogens is 518 g/mol. The van der Waals surface area contributed by atoms with Crippen LogP contribution in [0.25, 0.3) is 21.9 Å². The van der Waals surface area contributed by atoms with Crippen molar-refractivity contribution < 1.29 is 36.7 Å². The first-order chi connectivity index (χ1) is 18.3. The second kappa shape index (κ2) is 10.1. The zero-order chi connectivity index (χ0) is 28.1. The summed E-state index contributed by atoms with van der Waals surface area (Å²) in [6, 6.07) is 5.43.